The molecule has 0 aliphatic rings. The van der Waals surface area contributed by atoms with Crippen molar-refractivity contribution < 1.29 is 9.53 Å². The van der Waals surface area contributed by atoms with Crippen LogP contribution in [0.5, 0.6) is 0 Å². The molecule has 0 saturated heterocycles. The zero-order chi connectivity index (χ0) is 14.1. The smallest absolute Gasteiger partial charge is 0.414 e. The molecule has 0 fully saturated rings. The fourth-order valence-corrected chi connectivity index (χ4v) is 1.58. The molecule has 0 aliphatic carbocycles. The number of carbonyl (C=O) groups excluding carboxylic acids is 1. The average molecular weight is 245 g/mol. The lowest BCUT2D eigenvalue weighted by Crippen LogP contribution is -2.34. The number of nitrogens with zero attached hydrogens (tertiary/aromatic N) is 1. The highest BCUT2D eigenvalue weighted by Crippen LogP contribution is 2.18. The van der Waals surface area contributed by atoms with Crippen LogP contribution < -0.4 is 10.4 Å². The first-order valence-electron chi connectivity index (χ1n) is 5.95. The summed E-state index contributed by atoms with van der Waals surface area (Å²) in [6, 6.07) is 3.76. The Kier molecular flexibility index (Phi) is 4.10. The summed E-state index contributed by atoms with van der Waals surface area (Å²) in [5.41, 5.74) is 2.97. The van der Waals surface area contributed by atoms with Crippen molar-refractivity contribution in [1.82, 2.24) is 0 Å². The molecule has 1 amide bonds. The summed E-state index contributed by atoms with van der Waals surface area (Å²) in [5, 5.41) is 0. The largest absolute Gasteiger partial charge is 0.443 e. The first kappa shape index (κ1) is 14.6. The molecule has 96 valence electrons. The van der Waals surface area contributed by atoms with Crippen LogP contribution in [-0.2, 0) is 4.74 Å². The molecule has 1 aromatic carbocycles. The summed E-state index contributed by atoms with van der Waals surface area (Å²) >= 11 is 0. The predicted molar refractivity (Wildman–Crippen MR) is 75.9 cm³/mol. The van der Waals surface area contributed by atoms with Gasteiger partial charge in [0.15, 0.2) is 0 Å². The van der Waals surface area contributed by atoms with Crippen LogP contribution in [0, 0.1) is 13.8 Å². The Bertz CT molecular complexity index is 440. The average Bonchev–Trinajstić information content (AvgIpc) is 2.21. The molecular formula is C14H20BNO2. The summed E-state index contributed by atoms with van der Waals surface area (Å²) < 4.78 is 5.32. The van der Waals surface area contributed by atoms with Gasteiger partial charge in [0.05, 0.1) is 0 Å². The van der Waals surface area contributed by atoms with Gasteiger partial charge in [-0.05, 0) is 46.8 Å². The second-order valence-corrected chi connectivity index (χ2v) is 5.53. The van der Waals surface area contributed by atoms with Crippen LogP contribution in [0.2, 0.25) is 0 Å². The first-order chi connectivity index (χ1) is 8.11. The molecular weight excluding hydrogens is 225 g/mol. The van der Waals surface area contributed by atoms with Gasteiger partial charge in [0.25, 0.3) is 0 Å². The minimum absolute atomic E-state index is 0.369. The highest BCUT2D eigenvalue weighted by atomic mass is 16.6. The van der Waals surface area contributed by atoms with E-state index in [9.17, 15) is 4.79 Å². The number of anilines is 1. The molecule has 0 N–H and O–H groups in total. The van der Waals surface area contributed by atoms with Crippen LogP contribution >= 0.6 is 0 Å². The monoisotopic (exact) mass is 245 g/mol. The van der Waals surface area contributed by atoms with E-state index in [1.54, 1.807) is 7.05 Å². The zero-order valence-electron chi connectivity index (χ0n) is 12.0. The number of rotatable bonds is 1. The molecule has 0 bridgehead atoms. The molecule has 0 saturated carbocycles. The van der Waals surface area contributed by atoms with E-state index in [0.717, 1.165) is 22.3 Å². The third kappa shape index (κ3) is 3.52. The van der Waals surface area contributed by atoms with Crippen LogP contribution in [0.15, 0.2) is 12.1 Å². The lowest BCUT2D eigenvalue weighted by Gasteiger charge is -2.25. The second-order valence-electron chi connectivity index (χ2n) is 5.53. The van der Waals surface area contributed by atoms with Crippen molar-refractivity contribution in [1.29, 1.82) is 0 Å². The van der Waals surface area contributed by atoms with E-state index < -0.39 is 5.60 Å². The van der Waals surface area contributed by atoms with Crippen LogP contribution in [0.4, 0.5) is 10.5 Å². The van der Waals surface area contributed by atoms with Gasteiger partial charge in [0, 0.05) is 12.7 Å². The van der Waals surface area contributed by atoms with E-state index in [1.165, 1.54) is 4.90 Å². The standard InChI is InChI=1S/C14H20BNO2/c1-9-7-11(8-10(2)12(9)15)16(6)13(17)18-14(3,4)5/h7-8H,1-6H3. The Morgan fingerprint density at radius 1 is 1.22 bits per heavy atom. The van der Waals surface area contributed by atoms with Crippen molar-refractivity contribution in [3.63, 3.8) is 0 Å². The number of hydrogen-bond donors (Lipinski definition) is 0. The third-order valence-electron chi connectivity index (χ3n) is 2.63. The number of ether oxygens (including phenoxy) is 1. The Morgan fingerprint density at radius 2 is 1.67 bits per heavy atom. The number of aryl methyl sites for hydroxylation is 2. The summed E-state index contributed by atoms with van der Waals surface area (Å²) in [4.78, 5) is 13.4. The first-order valence-corrected chi connectivity index (χ1v) is 5.95. The van der Waals surface area contributed by atoms with Crippen LogP contribution in [0.25, 0.3) is 0 Å². The van der Waals surface area contributed by atoms with Crippen molar-refractivity contribution in [2.24, 2.45) is 0 Å². The van der Waals surface area contributed by atoms with Gasteiger partial charge in [-0.15, -0.1) is 0 Å². The summed E-state index contributed by atoms with van der Waals surface area (Å²) in [6.07, 6.45) is -0.369. The quantitative estimate of drug-likeness (QED) is 0.711. The zero-order valence-corrected chi connectivity index (χ0v) is 12.0. The van der Waals surface area contributed by atoms with E-state index >= 15 is 0 Å². The van der Waals surface area contributed by atoms with Crippen molar-refractivity contribution in [2.45, 2.75) is 40.2 Å². The Hall–Kier alpha value is -1.45. The minimum atomic E-state index is -0.497. The molecule has 0 aliphatic heterocycles. The molecule has 18 heavy (non-hydrogen) atoms. The molecule has 0 aromatic heterocycles. The summed E-state index contributed by atoms with van der Waals surface area (Å²) in [7, 11) is 7.59. The van der Waals surface area contributed by atoms with E-state index in [4.69, 9.17) is 12.6 Å². The number of amides is 1. The summed E-state index contributed by atoms with van der Waals surface area (Å²) in [6.45, 7) is 9.39. The lowest BCUT2D eigenvalue weighted by molar-refractivity contribution is 0.0589. The van der Waals surface area contributed by atoms with Crippen LogP contribution in [0.3, 0.4) is 0 Å². The second kappa shape index (κ2) is 5.05. The molecule has 4 heteroatoms. The van der Waals surface area contributed by atoms with Crippen molar-refractivity contribution in [2.75, 3.05) is 11.9 Å². The molecule has 0 spiro atoms. The minimum Gasteiger partial charge on any atom is -0.443 e. The fraction of sp³-hybridized carbons (Fsp3) is 0.500. The maximum atomic E-state index is 11.9. The van der Waals surface area contributed by atoms with Crippen LogP contribution in [-0.4, -0.2) is 26.6 Å². The number of hydrogen-bond acceptors (Lipinski definition) is 2. The molecule has 2 radical (unpaired) electrons. The number of benzene rings is 1. The van der Waals surface area contributed by atoms with Gasteiger partial charge in [-0.2, -0.15) is 0 Å². The van der Waals surface area contributed by atoms with Crippen LogP contribution in [0.1, 0.15) is 31.9 Å². The Morgan fingerprint density at radius 3 is 2.06 bits per heavy atom. The van der Waals surface area contributed by atoms with Gasteiger partial charge in [-0.3, -0.25) is 4.90 Å². The summed E-state index contributed by atoms with van der Waals surface area (Å²) in [5.74, 6) is 0. The van der Waals surface area contributed by atoms with Gasteiger partial charge in [0.2, 0.25) is 0 Å². The highest BCUT2D eigenvalue weighted by Gasteiger charge is 2.20. The lowest BCUT2D eigenvalue weighted by atomic mass is 9.86. The van der Waals surface area contributed by atoms with Gasteiger partial charge < -0.3 is 4.74 Å². The molecule has 0 heterocycles. The topological polar surface area (TPSA) is 29.5 Å². The number of carbonyl (C=O) groups is 1. The third-order valence-corrected chi connectivity index (χ3v) is 2.63. The van der Waals surface area contributed by atoms with Crippen molar-refractivity contribution in [3.05, 3.63) is 23.3 Å². The van der Waals surface area contributed by atoms with Gasteiger partial charge >= 0.3 is 6.09 Å². The molecule has 0 unspecified atom stereocenters. The SMILES string of the molecule is [B]c1c(C)cc(N(C)C(=O)OC(C)(C)C)cc1C. The van der Waals surface area contributed by atoms with Gasteiger partial charge in [0.1, 0.15) is 13.4 Å². The van der Waals surface area contributed by atoms with Gasteiger partial charge in [-0.25, -0.2) is 4.79 Å². The van der Waals surface area contributed by atoms with Gasteiger partial charge in [-0.1, -0.05) is 16.6 Å². The van der Waals surface area contributed by atoms with E-state index in [-0.39, 0.29) is 6.09 Å². The van der Waals surface area contributed by atoms with E-state index in [0.29, 0.717) is 0 Å². The fourth-order valence-electron chi connectivity index (χ4n) is 1.58. The van der Waals surface area contributed by atoms with Crippen molar-refractivity contribution in [3.8, 4) is 0 Å². The maximum Gasteiger partial charge on any atom is 0.414 e. The Labute approximate surface area is 111 Å². The van der Waals surface area contributed by atoms with E-state index in [1.807, 2.05) is 46.8 Å². The predicted octanol–water partition coefficient (Wildman–Crippen LogP) is 2.47. The maximum absolute atomic E-state index is 11.9. The normalized spacial score (nSPS) is 11.2. The molecule has 1 rings (SSSR count). The molecule has 3 nitrogen and oxygen atoms in total. The van der Waals surface area contributed by atoms with E-state index in [2.05, 4.69) is 0 Å². The molecule has 1 aromatic rings. The Balaban J connectivity index is 2.97. The highest BCUT2D eigenvalue weighted by molar-refractivity contribution is 6.34. The van der Waals surface area contributed by atoms with Crippen molar-refractivity contribution >= 4 is 25.1 Å². The molecule has 0 atom stereocenters.